The van der Waals surface area contributed by atoms with Crippen molar-refractivity contribution in [3.05, 3.63) is 90.5 Å². The summed E-state index contributed by atoms with van der Waals surface area (Å²) in [5.41, 5.74) is 2.17. The van der Waals surface area contributed by atoms with Crippen molar-refractivity contribution < 1.29 is 14.3 Å². The number of hydrogen-bond acceptors (Lipinski definition) is 5. The van der Waals surface area contributed by atoms with Gasteiger partial charge in [0.05, 0.1) is 17.8 Å². The molecule has 0 bridgehead atoms. The van der Waals surface area contributed by atoms with Gasteiger partial charge in [0.15, 0.2) is 6.61 Å². The number of hydrogen-bond donors (Lipinski definition) is 0. The number of esters is 1. The number of fused-ring (bicyclic) bond motifs is 1. The van der Waals surface area contributed by atoms with Gasteiger partial charge >= 0.3 is 5.97 Å². The minimum atomic E-state index is -0.533. The summed E-state index contributed by atoms with van der Waals surface area (Å²) in [6.45, 7) is 2.61. The Hall–Kier alpha value is -4.00. The van der Waals surface area contributed by atoms with E-state index in [-0.39, 0.29) is 12.5 Å². The van der Waals surface area contributed by atoms with Crippen molar-refractivity contribution in [2.75, 3.05) is 18.1 Å². The first kappa shape index (κ1) is 20.3. The maximum Gasteiger partial charge on any atom is 0.338 e. The molecular formula is C24H22N4O3. The highest BCUT2D eigenvalue weighted by Crippen LogP contribution is 2.26. The van der Waals surface area contributed by atoms with E-state index in [9.17, 15) is 9.59 Å². The monoisotopic (exact) mass is 414 g/mol. The van der Waals surface area contributed by atoms with E-state index in [0.29, 0.717) is 18.7 Å². The van der Waals surface area contributed by atoms with E-state index in [2.05, 4.69) is 10.1 Å². The highest BCUT2D eigenvalue weighted by atomic mass is 16.5. The number of carbonyl (C=O) groups excluding carboxylic acids is 2. The maximum atomic E-state index is 12.8. The van der Waals surface area contributed by atoms with Crippen molar-refractivity contribution in [3.63, 3.8) is 0 Å². The van der Waals surface area contributed by atoms with Gasteiger partial charge in [-0.15, -0.1) is 0 Å². The Bertz CT molecular complexity index is 1180. The predicted octanol–water partition coefficient (Wildman–Crippen LogP) is 3.69. The molecule has 4 aromatic rings. The summed E-state index contributed by atoms with van der Waals surface area (Å²) in [7, 11) is 0. The second-order valence-corrected chi connectivity index (χ2v) is 7.00. The zero-order chi connectivity index (χ0) is 21.6. The zero-order valence-electron chi connectivity index (χ0n) is 17.1. The van der Waals surface area contributed by atoms with Crippen LogP contribution in [0.5, 0.6) is 0 Å². The molecule has 0 aliphatic rings. The average Bonchev–Trinajstić information content (AvgIpc) is 3.32. The lowest BCUT2D eigenvalue weighted by molar-refractivity contribution is -0.121. The third-order valence-corrected chi connectivity index (χ3v) is 5.00. The standard InChI is InChI=1S/C24H22N4O3/c1-2-28(22-9-5-7-19-6-3-4-8-21(19)22)23(29)15-31-24(30)20-12-10-18(11-13-20)14-27-17-25-16-26-27/h3-13,16-17H,2,14-15H2,1H3. The number of ether oxygens (including phenoxy) is 1. The first-order valence-electron chi connectivity index (χ1n) is 10.0. The second kappa shape index (κ2) is 9.21. The van der Waals surface area contributed by atoms with Gasteiger partial charge in [-0.2, -0.15) is 5.10 Å². The molecule has 0 unspecified atom stereocenters. The lowest BCUT2D eigenvalue weighted by atomic mass is 10.1. The van der Waals surface area contributed by atoms with Gasteiger partial charge < -0.3 is 9.64 Å². The molecule has 0 spiro atoms. The lowest BCUT2D eigenvalue weighted by Gasteiger charge is -2.22. The molecule has 0 aliphatic carbocycles. The zero-order valence-corrected chi connectivity index (χ0v) is 17.1. The summed E-state index contributed by atoms with van der Waals surface area (Å²) in [6, 6.07) is 20.7. The van der Waals surface area contributed by atoms with Crippen LogP contribution in [0, 0.1) is 0 Å². The molecule has 0 saturated carbocycles. The molecule has 7 heteroatoms. The number of anilines is 1. The molecule has 1 heterocycles. The molecule has 0 fully saturated rings. The van der Waals surface area contributed by atoms with E-state index in [1.807, 2.05) is 61.5 Å². The fraction of sp³-hybridized carbons (Fsp3) is 0.167. The Kier molecular flexibility index (Phi) is 6.03. The molecule has 1 aromatic heterocycles. The van der Waals surface area contributed by atoms with Gasteiger partial charge in [0.25, 0.3) is 5.91 Å². The van der Waals surface area contributed by atoms with Crippen LogP contribution < -0.4 is 4.90 Å². The van der Waals surface area contributed by atoms with Gasteiger partial charge in [-0.05, 0) is 36.1 Å². The Balaban J connectivity index is 1.40. The van der Waals surface area contributed by atoms with Crippen molar-refractivity contribution in [2.45, 2.75) is 13.5 Å². The number of rotatable bonds is 7. The maximum absolute atomic E-state index is 12.8. The number of carbonyl (C=O) groups is 2. The van der Waals surface area contributed by atoms with Crippen molar-refractivity contribution in [1.82, 2.24) is 14.8 Å². The minimum absolute atomic E-state index is 0.269. The Morgan fingerprint density at radius 1 is 1.00 bits per heavy atom. The van der Waals surface area contributed by atoms with Gasteiger partial charge in [0.1, 0.15) is 12.7 Å². The molecule has 4 rings (SSSR count). The molecule has 31 heavy (non-hydrogen) atoms. The number of likely N-dealkylation sites (N-methyl/N-ethyl adjacent to an activating group) is 1. The van der Waals surface area contributed by atoms with Crippen LogP contribution in [-0.2, 0) is 16.1 Å². The van der Waals surface area contributed by atoms with Crippen LogP contribution in [0.15, 0.2) is 79.4 Å². The van der Waals surface area contributed by atoms with Crippen LogP contribution in [0.25, 0.3) is 10.8 Å². The van der Waals surface area contributed by atoms with Gasteiger partial charge in [-0.1, -0.05) is 48.5 Å². The summed E-state index contributed by atoms with van der Waals surface area (Å²) in [5, 5.41) is 6.09. The molecule has 0 saturated heterocycles. The molecule has 0 N–H and O–H groups in total. The molecule has 0 aliphatic heterocycles. The van der Waals surface area contributed by atoms with Gasteiger partial charge in [0, 0.05) is 11.9 Å². The SMILES string of the molecule is CCN(C(=O)COC(=O)c1ccc(Cn2cncn2)cc1)c1cccc2ccccc12. The van der Waals surface area contributed by atoms with E-state index >= 15 is 0 Å². The summed E-state index contributed by atoms with van der Waals surface area (Å²) in [4.78, 5) is 30.8. The van der Waals surface area contributed by atoms with Crippen molar-refractivity contribution in [2.24, 2.45) is 0 Å². The minimum Gasteiger partial charge on any atom is -0.452 e. The number of nitrogens with zero attached hydrogens (tertiary/aromatic N) is 4. The smallest absolute Gasteiger partial charge is 0.338 e. The first-order valence-corrected chi connectivity index (χ1v) is 10.0. The number of amides is 1. The fourth-order valence-electron chi connectivity index (χ4n) is 3.46. The predicted molar refractivity (Wildman–Crippen MR) is 118 cm³/mol. The first-order chi connectivity index (χ1) is 15.2. The van der Waals surface area contributed by atoms with Crippen molar-refractivity contribution in [1.29, 1.82) is 0 Å². The molecule has 7 nitrogen and oxygen atoms in total. The van der Waals surface area contributed by atoms with E-state index in [0.717, 1.165) is 22.0 Å². The van der Waals surface area contributed by atoms with E-state index in [1.54, 1.807) is 28.0 Å². The number of aromatic nitrogens is 3. The van der Waals surface area contributed by atoms with Crippen LogP contribution in [0.2, 0.25) is 0 Å². The highest BCUT2D eigenvalue weighted by molar-refractivity contribution is 6.04. The van der Waals surface area contributed by atoms with Crippen molar-refractivity contribution in [3.8, 4) is 0 Å². The Morgan fingerprint density at radius 2 is 1.77 bits per heavy atom. The molecule has 0 radical (unpaired) electrons. The second-order valence-electron chi connectivity index (χ2n) is 7.00. The third kappa shape index (κ3) is 4.61. The normalized spacial score (nSPS) is 10.7. The average molecular weight is 414 g/mol. The molecule has 3 aromatic carbocycles. The summed E-state index contributed by atoms with van der Waals surface area (Å²) in [5.74, 6) is -0.801. The van der Waals surface area contributed by atoms with Crippen LogP contribution in [0.1, 0.15) is 22.8 Å². The topological polar surface area (TPSA) is 77.3 Å². The van der Waals surface area contributed by atoms with Gasteiger partial charge in [-0.3, -0.25) is 4.79 Å². The summed E-state index contributed by atoms with van der Waals surface area (Å²) >= 11 is 0. The van der Waals surface area contributed by atoms with Gasteiger partial charge in [-0.25, -0.2) is 14.5 Å². The lowest BCUT2D eigenvalue weighted by Crippen LogP contribution is -2.34. The van der Waals surface area contributed by atoms with E-state index in [1.165, 1.54) is 6.33 Å². The third-order valence-electron chi connectivity index (χ3n) is 5.00. The summed E-state index contributed by atoms with van der Waals surface area (Å²) < 4.78 is 6.99. The van der Waals surface area contributed by atoms with E-state index < -0.39 is 5.97 Å². The van der Waals surface area contributed by atoms with E-state index in [4.69, 9.17) is 4.74 Å². The largest absolute Gasteiger partial charge is 0.452 e. The number of benzene rings is 3. The Morgan fingerprint density at radius 3 is 2.52 bits per heavy atom. The highest BCUT2D eigenvalue weighted by Gasteiger charge is 2.18. The van der Waals surface area contributed by atoms with Crippen LogP contribution >= 0.6 is 0 Å². The molecule has 156 valence electrons. The molecular weight excluding hydrogens is 392 g/mol. The van der Waals surface area contributed by atoms with Crippen molar-refractivity contribution >= 4 is 28.3 Å². The quantitative estimate of drug-likeness (QED) is 0.431. The fourth-order valence-corrected chi connectivity index (χ4v) is 3.46. The van der Waals surface area contributed by atoms with Crippen LogP contribution in [0.4, 0.5) is 5.69 Å². The molecule has 0 atom stereocenters. The van der Waals surface area contributed by atoms with Crippen LogP contribution in [0.3, 0.4) is 0 Å². The van der Waals surface area contributed by atoms with Gasteiger partial charge in [0.2, 0.25) is 0 Å². The van der Waals surface area contributed by atoms with Crippen LogP contribution in [-0.4, -0.2) is 39.8 Å². The molecule has 1 amide bonds. The summed E-state index contributed by atoms with van der Waals surface area (Å²) in [6.07, 6.45) is 3.10. The Labute approximate surface area is 179 Å².